The van der Waals surface area contributed by atoms with Crippen LogP contribution >= 0.6 is 0 Å². The highest BCUT2D eigenvalue weighted by Gasteiger charge is 2.25. The molecule has 0 saturated carbocycles. The molecular formula is C37H44N4O5. The molecule has 0 amide bonds. The number of aliphatic hydroxyl groups is 2. The van der Waals surface area contributed by atoms with E-state index in [2.05, 4.69) is 29.1 Å². The maximum atomic E-state index is 12.5. The van der Waals surface area contributed by atoms with Gasteiger partial charge in [-0.25, -0.2) is 0 Å². The number of ether oxygens (including phenoxy) is 1. The minimum atomic E-state index is -0.977. The molecule has 2 aromatic heterocycles. The Bertz CT molecular complexity index is 1760. The van der Waals surface area contributed by atoms with Crippen LogP contribution in [0.5, 0.6) is 11.5 Å². The standard InChI is InChI=1S/C37H44N4O5/c1-2-3-4-6-25(42)19-26(43)11-9-23-10-14-34(45)35(17-23)46-36-8-5-7-33(44)28-12-13-29-27(15-16-39-37(29)38)30(28)18-24-20-40-32-22-41(36)21-31(24)32/h10,12-14,17,20-22,25,33,36-37,39-40,42,44-45H,2-4,6,8-9,11,15-16,18-19,38H2,1H3/t25-,33+,36-,37-/m1/s1. The quantitative estimate of drug-likeness (QED) is 0.0991. The number of phenols is 1. The number of benzene rings is 2. The third kappa shape index (κ3) is 7.01. The number of aromatic nitrogens is 2. The predicted octanol–water partition coefficient (Wildman–Crippen LogP) is 5.22. The van der Waals surface area contributed by atoms with Crippen molar-refractivity contribution in [1.82, 2.24) is 14.9 Å². The molecule has 0 fully saturated rings. The number of nitrogens with two attached hydrogens (primary N) is 1. The molecule has 4 atom stereocenters. The van der Waals surface area contributed by atoms with E-state index in [9.17, 15) is 20.1 Å². The van der Waals surface area contributed by atoms with Crippen LogP contribution in [0, 0.1) is 11.8 Å². The summed E-state index contributed by atoms with van der Waals surface area (Å²) in [4.78, 5) is 15.9. The maximum Gasteiger partial charge on any atom is 0.186 e. The summed E-state index contributed by atoms with van der Waals surface area (Å²) in [5.74, 6) is 6.49. The van der Waals surface area contributed by atoms with E-state index in [0.29, 0.717) is 31.4 Å². The lowest BCUT2D eigenvalue weighted by Crippen LogP contribution is -2.36. The number of carbonyl (C=O) groups is 1. The highest BCUT2D eigenvalue weighted by atomic mass is 16.5. The molecule has 9 heteroatoms. The Morgan fingerprint density at radius 3 is 2.87 bits per heavy atom. The Morgan fingerprint density at radius 1 is 1.17 bits per heavy atom. The van der Waals surface area contributed by atoms with Crippen LogP contribution in [0.1, 0.15) is 104 Å². The molecular weight excluding hydrogens is 580 g/mol. The van der Waals surface area contributed by atoms with Gasteiger partial charge in [0.25, 0.3) is 0 Å². The van der Waals surface area contributed by atoms with E-state index < -0.39 is 18.4 Å². The first kappa shape index (κ1) is 31.9. The van der Waals surface area contributed by atoms with Gasteiger partial charge in [0.05, 0.1) is 24.2 Å². The topological polar surface area (TPSA) is 146 Å². The molecule has 2 aromatic carbocycles. The zero-order chi connectivity index (χ0) is 32.2. The molecule has 2 aliphatic rings. The molecule has 46 heavy (non-hydrogen) atoms. The molecule has 2 bridgehead atoms. The number of phenolic OH excluding ortho intramolecular Hbond substituents is 1. The number of aromatic hydroxyl groups is 1. The number of ketones is 1. The van der Waals surface area contributed by atoms with Crippen LogP contribution < -0.4 is 15.8 Å². The molecule has 2 aliphatic heterocycles. The average molecular weight is 625 g/mol. The van der Waals surface area contributed by atoms with Gasteiger partial charge in [0.1, 0.15) is 11.9 Å². The largest absolute Gasteiger partial charge is 0.504 e. The van der Waals surface area contributed by atoms with E-state index in [1.54, 1.807) is 18.2 Å². The molecule has 0 radical (unpaired) electrons. The third-order valence-corrected chi connectivity index (χ3v) is 9.27. The summed E-state index contributed by atoms with van der Waals surface area (Å²) < 4.78 is 8.34. The molecule has 4 heterocycles. The first-order valence-electron chi connectivity index (χ1n) is 16.5. The second kappa shape index (κ2) is 14.1. The Balaban J connectivity index is 1.23. The first-order valence-corrected chi connectivity index (χ1v) is 16.5. The van der Waals surface area contributed by atoms with Gasteiger partial charge in [-0.2, -0.15) is 0 Å². The van der Waals surface area contributed by atoms with Gasteiger partial charge in [-0.3, -0.25) is 10.1 Å². The van der Waals surface area contributed by atoms with Crippen LogP contribution in [0.4, 0.5) is 0 Å². The van der Waals surface area contributed by atoms with Crippen LogP contribution in [-0.4, -0.2) is 43.3 Å². The summed E-state index contributed by atoms with van der Waals surface area (Å²) in [6.07, 6.45) is 10.00. The van der Waals surface area contributed by atoms with Crippen molar-refractivity contribution < 1.29 is 24.9 Å². The van der Waals surface area contributed by atoms with Crippen LogP contribution in [0.25, 0.3) is 10.9 Å². The van der Waals surface area contributed by atoms with Crippen molar-refractivity contribution in [2.24, 2.45) is 5.73 Å². The molecule has 0 saturated heterocycles. The van der Waals surface area contributed by atoms with Gasteiger partial charge >= 0.3 is 0 Å². The van der Waals surface area contributed by atoms with Crippen LogP contribution in [-0.2, 0) is 24.1 Å². The van der Waals surface area contributed by atoms with Gasteiger partial charge < -0.3 is 35.3 Å². The van der Waals surface area contributed by atoms with Gasteiger partial charge in [-0.15, -0.1) is 0 Å². The summed E-state index contributed by atoms with van der Waals surface area (Å²) in [6, 6.07) is 9.07. The van der Waals surface area contributed by atoms with Crippen molar-refractivity contribution in [2.45, 2.75) is 95.7 Å². The zero-order valence-corrected chi connectivity index (χ0v) is 26.4. The number of rotatable bonds is 11. The van der Waals surface area contributed by atoms with Crippen LogP contribution in [0.2, 0.25) is 0 Å². The van der Waals surface area contributed by atoms with Crippen molar-refractivity contribution in [3.05, 3.63) is 82.3 Å². The van der Waals surface area contributed by atoms with Crippen LogP contribution in [0.15, 0.2) is 48.9 Å². The molecule has 0 unspecified atom stereocenters. The van der Waals surface area contributed by atoms with Gasteiger partial charge in [0, 0.05) is 49.8 Å². The van der Waals surface area contributed by atoms with Gasteiger partial charge in [-0.05, 0) is 64.8 Å². The van der Waals surface area contributed by atoms with Gasteiger partial charge in [-0.1, -0.05) is 56.2 Å². The molecule has 242 valence electrons. The van der Waals surface area contributed by atoms with Crippen molar-refractivity contribution in [3.63, 3.8) is 0 Å². The average Bonchev–Trinajstić information content (AvgIpc) is 3.62. The summed E-state index contributed by atoms with van der Waals surface area (Å²) in [5.41, 5.74) is 13.4. The number of nitrogens with one attached hydrogen (secondary N) is 2. The van der Waals surface area contributed by atoms with Crippen LogP contribution in [0.3, 0.4) is 0 Å². The first-order chi connectivity index (χ1) is 22.3. The van der Waals surface area contributed by atoms with Crippen molar-refractivity contribution in [1.29, 1.82) is 0 Å². The van der Waals surface area contributed by atoms with E-state index in [1.165, 1.54) is 5.56 Å². The van der Waals surface area contributed by atoms with Gasteiger partial charge in [0.15, 0.2) is 17.7 Å². The number of aromatic amines is 1. The summed E-state index contributed by atoms with van der Waals surface area (Å²) in [6.45, 7) is 2.89. The summed E-state index contributed by atoms with van der Waals surface area (Å²) in [7, 11) is 0. The molecule has 7 N–H and O–H groups in total. The lowest BCUT2D eigenvalue weighted by molar-refractivity contribution is -0.121. The molecule has 6 rings (SSSR count). The number of carbonyl (C=O) groups excluding carboxylic acids is 1. The highest BCUT2D eigenvalue weighted by Crippen LogP contribution is 2.36. The van der Waals surface area contributed by atoms with E-state index in [4.69, 9.17) is 10.5 Å². The minimum absolute atomic E-state index is 0.00895. The van der Waals surface area contributed by atoms with Gasteiger partial charge in [0.2, 0.25) is 0 Å². The summed E-state index contributed by atoms with van der Waals surface area (Å²) >= 11 is 0. The number of Topliss-reactive ketones (excluding diaryl/α,β-unsaturated/α-hetero) is 1. The van der Waals surface area contributed by atoms with E-state index in [-0.39, 0.29) is 30.5 Å². The number of hydrogen-bond acceptors (Lipinski definition) is 7. The summed E-state index contributed by atoms with van der Waals surface area (Å²) in [5, 5.41) is 36.6. The zero-order valence-electron chi connectivity index (χ0n) is 26.4. The Morgan fingerprint density at radius 2 is 2.02 bits per heavy atom. The number of fused-ring (bicyclic) bond motifs is 4. The third-order valence-electron chi connectivity index (χ3n) is 9.27. The lowest BCUT2D eigenvalue weighted by atomic mass is 9.85. The SMILES string of the molecule is CCCCC[C@@H](O)CC(=O)CCc1ccc(O)c(O[C@@H]2CC#C[C@H](O)c3ccc4c(c3Cc3c[nH]c5cn2cc35)CCN[C@H]4N)c1. The number of aryl methyl sites for hydroxylation is 1. The number of H-pyrrole nitrogens is 1. The van der Waals surface area contributed by atoms with E-state index in [0.717, 1.165) is 70.9 Å². The molecule has 0 aliphatic carbocycles. The monoisotopic (exact) mass is 624 g/mol. The lowest BCUT2D eigenvalue weighted by Gasteiger charge is -2.28. The Hall–Kier alpha value is -4.07. The fraction of sp³-hybridized carbons (Fsp3) is 0.432. The van der Waals surface area contributed by atoms with Crippen molar-refractivity contribution in [3.8, 4) is 23.3 Å². The van der Waals surface area contributed by atoms with E-state index >= 15 is 0 Å². The predicted molar refractivity (Wildman–Crippen MR) is 177 cm³/mol. The minimum Gasteiger partial charge on any atom is -0.504 e. The van der Waals surface area contributed by atoms with E-state index in [1.807, 2.05) is 35.3 Å². The number of unbranched alkanes of at least 4 members (excludes halogenated alkanes) is 2. The maximum absolute atomic E-state index is 12.5. The Kier molecular flexibility index (Phi) is 9.81. The van der Waals surface area contributed by atoms with Crippen molar-refractivity contribution in [2.75, 3.05) is 6.54 Å². The van der Waals surface area contributed by atoms with Crippen molar-refractivity contribution >= 4 is 16.7 Å². The fourth-order valence-corrected chi connectivity index (χ4v) is 6.70. The number of aliphatic hydroxyl groups excluding tert-OH is 2. The second-order valence-electron chi connectivity index (χ2n) is 12.6. The molecule has 0 spiro atoms. The highest BCUT2D eigenvalue weighted by molar-refractivity contribution is 5.83. The fourth-order valence-electron chi connectivity index (χ4n) is 6.70. The number of nitrogens with zero attached hydrogens (tertiary/aromatic N) is 1. The normalized spacial score (nSPS) is 19.8. The second-order valence-corrected chi connectivity index (χ2v) is 12.6. The molecule has 9 nitrogen and oxygen atoms in total. The smallest absolute Gasteiger partial charge is 0.186 e. The molecule has 4 aromatic rings. The Labute approximate surface area is 269 Å². The number of hydrogen-bond donors (Lipinski definition) is 6.